The molecule has 4 heteroatoms. The highest BCUT2D eigenvalue weighted by atomic mass is 15.1. The molecule has 2 rings (SSSR count). The van der Waals surface area contributed by atoms with Crippen molar-refractivity contribution in [2.75, 3.05) is 17.2 Å². The zero-order valence-electron chi connectivity index (χ0n) is 11.9. The molecule has 0 saturated heterocycles. The molecule has 19 heavy (non-hydrogen) atoms. The van der Waals surface area contributed by atoms with Gasteiger partial charge in [-0.05, 0) is 44.9 Å². The van der Waals surface area contributed by atoms with E-state index in [1.165, 1.54) is 11.1 Å². The van der Waals surface area contributed by atoms with Gasteiger partial charge in [-0.2, -0.15) is 0 Å². The highest BCUT2D eigenvalue weighted by molar-refractivity contribution is 5.66. The van der Waals surface area contributed by atoms with Gasteiger partial charge in [0.2, 0.25) is 0 Å². The maximum atomic E-state index is 4.33. The summed E-state index contributed by atoms with van der Waals surface area (Å²) in [5.41, 5.74) is 4.55. The zero-order chi connectivity index (χ0) is 13.8. The number of anilines is 3. The lowest BCUT2D eigenvalue weighted by Gasteiger charge is -2.14. The van der Waals surface area contributed by atoms with Gasteiger partial charge in [-0.3, -0.25) is 0 Å². The van der Waals surface area contributed by atoms with E-state index in [2.05, 4.69) is 59.6 Å². The third-order valence-electron chi connectivity index (χ3n) is 3.07. The van der Waals surface area contributed by atoms with Crippen LogP contribution in [0.4, 0.5) is 17.3 Å². The summed E-state index contributed by atoms with van der Waals surface area (Å²) in [5.74, 6) is 1.73. The fourth-order valence-corrected chi connectivity index (χ4v) is 1.92. The summed E-state index contributed by atoms with van der Waals surface area (Å²) in [6.45, 7) is 9.09. The summed E-state index contributed by atoms with van der Waals surface area (Å²) in [4.78, 5) is 8.57. The lowest BCUT2D eigenvalue weighted by Crippen LogP contribution is -2.06. The molecule has 1 aromatic carbocycles. The molecule has 2 N–H and O–H groups in total. The van der Waals surface area contributed by atoms with Crippen molar-refractivity contribution in [3.05, 3.63) is 41.2 Å². The minimum absolute atomic E-state index is 0.847. The molecule has 1 heterocycles. The Balaban J connectivity index is 2.33. The smallest absolute Gasteiger partial charge is 0.138 e. The number of aryl methyl sites for hydroxylation is 2. The molecule has 0 aliphatic heterocycles. The molecule has 0 aliphatic rings. The fraction of sp³-hybridized carbons (Fsp3) is 0.333. The summed E-state index contributed by atoms with van der Waals surface area (Å²) < 4.78 is 0. The molecule has 0 radical (unpaired) electrons. The number of rotatable bonds is 4. The van der Waals surface area contributed by atoms with Crippen LogP contribution in [0.15, 0.2) is 24.5 Å². The van der Waals surface area contributed by atoms with Crippen LogP contribution in [0.2, 0.25) is 0 Å². The van der Waals surface area contributed by atoms with E-state index in [4.69, 9.17) is 0 Å². The molecule has 0 spiro atoms. The SMILES string of the molecule is CCNc1ncnc(Nc2cc(C)ccc2C)c1C. The van der Waals surface area contributed by atoms with Gasteiger partial charge in [0.1, 0.15) is 18.0 Å². The monoisotopic (exact) mass is 256 g/mol. The molecule has 4 nitrogen and oxygen atoms in total. The van der Waals surface area contributed by atoms with E-state index in [-0.39, 0.29) is 0 Å². The summed E-state index contributed by atoms with van der Waals surface area (Å²) in [7, 11) is 0. The first kappa shape index (κ1) is 13.3. The molecule has 0 unspecified atom stereocenters. The Hall–Kier alpha value is -2.10. The summed E-state index contributed by atoms with van der Waals surface area (Å²) >= 11 is 0. The van der Waals surface area contributed by atoms with E-state index in [1.807, 2.05) is 6.92 Å². The van der Waals surface area contributed by atoms with E-state index >= 15 is 0 Å². The van der Waals surface area contributed by atoms with Crippen LogP contribution in [0.3, 0.4) is 0 Å². The number of aromatic nitrogens is 2. The topological polar surface area (TPSA) is 49.8 Å². The van der Waals surface area contributed by atoms with Crippen molar-refractivity contribution in [2.45, 2.75) is 27.7 Å². The van der Waals surface area contributed by atoms with Crippen molar-refractivity contribution in [3.63, 3.8) is 0 Å². The highest BCUT2D eigenvalue weighted by Gasteiger charge is 2.07. The highest BCUT2D eigenvalue weighted by Crippen LogP contribution is 2.25. The zero-order valence-corrected chi connectivity index (χ0v) is 11.9. The van der Waals surface area contributed by atoms with E-state index < -0.39 is 0 Å². The maximum Gasteiger partial charge on any atom is 0.138 e. The van der Waals surface area contributed by atoms with E-state index in [0.29, 0.717) is 0 Å². The largest absolute Gasteiger partial charge is 0.370 e. The summed E-state index contributed by atoms with van der Waals surface area (Å²) in [5, 5.41) is 6.63. The standard InChI is InChI=1S/C15H20N4/c1-5-16-14-12(4)15(18-9-17-14)19-13-8-10(2)6-7-11(13)3/h6-9H,5H2,1-4H3,(H2,16,17,18,19). The second-order valence-corrected chi connectivity index (χ2v) is 4.67. The van der Waals surface area contributed by atoms with Crippen LogP contribution < -0.4 is 10.6 Å². The average molecular weight is 256 g/mol. The number of nitrogens with one attached hydrogen (secondary N) is 2. The molecule has 2 aromatic rings. The molecule has 0 saturated carbocycles. The molecule has 0 amide bonds. The van der Waals surface area contributed by atoms with Crippen LogP contribution in [0.1, 0.15) is 23.6 Å². The van der Waals surface area contributed by atoms with Crippen LogP contribution in [-0.4, -0.2) is 16.5 Å². The Morgan fingerprint density at radius 3 is 2.53 bits per heavy atom. The molecule has 0 atom stereocenters. The number of hydrogen-bond donors (Lipinski definition) is 2. The Bertz CT molecular complexity index is 578. The van der Waals surface area contributed by atoms with Crippen LogP contribution >= 0.6 is 0 Å². The first-order chi connectivity index (χ1) is 9.11. The van der Waals surface area contributed by atoms with E-state index in [9.17, 15) is 0 Å². The predicted molar refractivity (Wildman–Crippen MR) is 80.1 cm³/mol. The van der Waals surface area contributed by atoms with Crippen LogP contribution in [0, 0.1) is 20.8 Å². The lowest BCUT2D eigenvalue weighted by atomic mass is 10.1. The van der Waals surface area contributed by atoms with Gasteiger partial charge in [0.15, 0.2) is 0 Å². The molecular formula is C15H20N4. The average Bonchev–Trinajstić information content (AvgIpc) is 2.39. The quantitative estimate of drug-likeness (QED) is 0.878. The minimum Gasteiger partial charge on any atom is -0.370 e. The van der Waals surface area contributed by atoms with Gasteiger partial charge in [-0.15, -0.1) is 0 Å². The first-order valence-corrected chi connectivity index (χ1v) is 6.51. The van der Waals surface area contributed by atoms with E-state index in [0.717, 1.165) is 29.4 Å². The van der Waals surface area contributed by atoms with Gasteiger partial charge in [-0.1, -0.05) is 12.1 Å². The van der Waals surface area contributed by atoms with Gasteiger partial charge in [0.05, 0.1) is 0 Å². The van der Waals surface area contributed by atoms with Crippen molar-refractivity contribution >= 4 is 17.3 Å². The van der Waals surface area contributed by atoms with Gasteiger partial charge in [-0.25, -0.2) is 9.97 Å². The minimum atomic E-state index is 0.847. The molecule has 1 aromatic heterocycles. The number of hydrogen-bond acceptors (Lipinski definition) is 4. The Morgan fingerprint density at radius 2 is 1.79 bits per heavy atom. The number of benzene rings is 1. The first-order valence-electron chi connectivity index (χ1n) is 6.51. The normalized spacial score (nSPS) is 10.3. The fourth-order valence-electron chi connectivity index (χ4n) is 1.92. The molecule has 0 aliphatic carbocycles. The van der Waals surface area contributed by atoms with Crippen molar-refractivity contribution in [3.8, 4) is 0 Å². The van der Waals surface area contributed by atoms with Gasteiger partial charge >= 0.3 is 0 Å². The molecular weight excluding hydrogens is 236 g/mol. The van der Waals surface area contributed by atoms with Crippen molar-refractivity contribution in [1.82, 2.24) is 9.97 Å². The lowest BCUT2D eigenvalue weighted by molar-refractivity contribution is 1.08. The van der Waals surface area contributed by atoms with E-state index in [1.54, 1.807) is 6.33 Å². The molecule has 0 bridgehead atoms. The Kier molecular flexibility index (Phi) is 4.00. The maximum absolute atomic E-state index is 4.33. The summed E-state index contributed by atoms with van der Waals surface area (Å²) in [6.07, 6.45) is 1.58. The van der Waals surface area contributed by atoms with Gasteiger partial charge < -0.3 is 10.6 Å². The third kappa shape index (κ3) is 3.02. The second-order valence-electron chi connectivity index (χ2n) is 4.67. The second kappa shape index (κ2) is 5.69. The molecule has 0 fully saturated rings. The van der Waals surface area contributed by atoms with Gasteiger partial charge in [0, 0.05) is 17.8 Å². The third-order valence-corrected chi connectivity index (χ3v) is 3.07. The van der Waals surface area contributed by atoms with Gasteiger partial charge in [0.25, 0.3) is 0 Å². The van der Waals surface area contributed by atoms with Crippen LogP contribution in [0.25, 0.3) is 0 Å². The predicted octanol–water partition coefficient (Wildman–Crippen LogP) is 3.58. The van der Waals surface area contributed by atoms with Crippen molar-refractivity contribution in [1.29, 1.82) is 0 Å². The van der Waals surface area contributed by atoms with Crippen LogP contribution in [0.5, 0.6) is 0 Å². The summed E-state index contributed by atoms with van der Waals surface area (Å²) in [6, 6.07) is 6.35. The Labute approximate surface area is 114 Å². The van der Waals surface area contributed by atoms with Crippen molar-refractivity contribution < 1.29 is 0 Å². The van der Waals surface area contributed by atoms with Crippen molar-refractivity contribution in [2.24, 2.45) is 0 Å². The molecule has 100 valence electrons. The Morgan fingerprint density at radius 1 is 1.05 bits per heavy atom. The van der Waals surface area contributed by atoms with Crippen LogP contribution in [-0.2, 0) is 0 Å². The number of nitrogens with zero attached hydrogens (tertiary/aromatic N) is 2.